The topological polar surface area (TPSA) is 100 Å². The van der Waals surface area contributed by atoms with E-state index in [1.165, 1.54) is 0 Å². The van der Waals surface area contributed by atoms with Crippen molar-refractivity contribution in [2.24, 2.45) is 10.7 Å². The van der Waals surface area contributed by atoms with E-state index >= 15 is 0 Å². The van der Waals surface area contributed by atoms with Crippen LogP contribution in [-0.2, 0) is 4.74 Å². The van der Waals surface area contributed by atoms with Gasteiger partial charge in [-0.1, -0.05) is 6.07 Å². The molecule has 2 heterocycles. The normalized spacial score (nSPS) is 18.3. The fourth-order valence-electron chi connectivity index (χ4n) is 2.99. The van der Waals surface area contributed by atoms with Crippen molar-refractivity contribution in [2.75, 3.05) is 25.0 Å². The quantitative estimate of drug-likeness (QED) is 0.725. The number of rotatable bonds is 1. The molecule has 3 rings (SSSR count). The molecule has 0 saturated carbocycles. The number of carbonyl (C=O) groups excluding carboxylic acids is 1. The van der Waals surface area contributed by atoms with Crippen molar-refractivity contribution in [3.8, 4) is 5.75 Å². The van der Waals surface area contributed by atoms with Gasteiger partial charge in [-0.3, -0.25) is 0 Å². The molecule has 0 unspecified atom stereocenters. The number of phenols is 1. The van der Waals surface area contributed by atoms with Crippen LogP contribution in [0.4, 0.5) is 10.5 Å². The van der Waals surface area contributed by atoms with Crippen LogP contribution in [0.25, 0.3) is 0 Å². The zero-order valence-corrected chi connectivity index (χ0v) is 13.7. The molecule has 2 aliphatic heterocycles. The lowest BCUT2D eigenvalue weighted by Gasteiger charge is -2.42. The van der Waals surface area contributed by atoms with Crippen LogP contribution in [0.3, 0.4) is 0 Å². The molecular weight excluding hydrogens is 320 g/mol. The Morgan fingerprint density at radius 3 is 2.83 bits per heavy atom. The molecular formula is C15H21ClN4O3. The molecule has 0 atom stereocenters. The smallest absolute Gasteiger partial charge is 0.409 e. The Bertz CT molecular complexity index is 627. The number of nitrogens with one attached hydrogen (secondary N) is 1. The number of likely N-dealkylation sites (tertiary alicyclic amines) is 1. The maximum absolute atomic E-state index is 11.8. The number of piperidine rings is 1. The molecule has 0 radical (unpaired) electrons. The summed E-state index contributed by atoms with van der Waals surface area (Å²) in [6.45, 7) is 3.27. The summed E-state index contributed by atoms with van der Waals surface area (Å²) >= 11 is 0. The first-order valence-corrected chi connectivity index (χ1v) is 7.42. The molecule has 1 aromatic carbocycles. The van der Waals surface area contributed by atoms with Gasteiger partial charge in [0.15, 0.2) is 0 Å². The average molecular weight is 341 g/mol. The molecule has 1 spiro atoms. The van der Waals surface area contributed by atoms with Gasteiger partial charge in [0.05, 0.1) is 17.9 Å². The van der Waals surface area contributed by atoms with E-state index in [0.29, 0.717) is 43.9 Å². The predicted octanol–water partition coefficient (Wildman–Crippen LogP) is 1.89. The zero-order chi connectivity index (χ0) is 15.7. The van der Waals surface area contributed by atoms with Crippen molar-refractivity contribution < 1.29 is 14.6 Å². The minimum Gasteiger partial charge on any atom is -0.507 e. The highest BCUT2D eigenvalue weighted by atomic mass is 35.5. The van der Waals surface area contributed by atoms with Crippen LogP contribution in [0.1, 0.15) is 25.3 Å². The van der Waals surface area contributed by atoms with E-state index in [-0.39, 0.29) is 24.2 Å². The first-order chi connectivity index (χ1) is 10.5. The molecule has 23 heavy (non-hydrogen) atoms. The molecule has 4 N–H and O–H groups in total. The maximum atomic E-state index is 11.8. The highest BCUT2D eigenvalue weighted by molar-refractivity contribution is 6.06. The largest absolute Gasteiger partial charge is 0.507 e. The van der Waals surface area contributed by atoms with Gasteiger partial charge in [-0.25, -0.2) is 9.79 Å². The van der Waals surface area contributed by atoms with Gasteiger partial charge >= 0.3 is 6.09 Å². The Hall–Kier alpha value is -2.15. The second-order valence-corrected chi connectivity index (χ2v) is 5.54. The number of nitrogens with two attached hydrogens (primary N) is 1. The summed E-state index contributed by atoms with van der Waals surface area (Å²) in [7, 11) is 0. The SMILES string of the molecule is CCOC(=O)N1CCC2(CC1)N=C(N)c1c(O)cccc1N2.Cl. The van der Waals surface area contributed by atoms with Crippen LogP contribution < -0.4 is 11.1 Å². The van der Waals surface area contributed by atoms with Gasteiger partial charge < -0.3 is 25.8 Å². The first-order valence-electron chi connectivity index (χ1n) is 7.42. The van der Waals surface area contributed by atoms with Crippen LogP contribution in [0.5, 0.6) is 5.75 Å². The molecule has 126 valence electrons. The molecule has 0 aromatic heterocycles. The van der Waals surface area contributed by atoms with E-state index in [2.05, 4.69) is 10.3 Å². The number of halogens is 1. The Morgan fingerprint density at radius 2 is 2.17 bits per heavy atom. The predicted molar refractivity (Wildman–Crippen MR) is 90.3 cm³/mol. The van der Waals surface area contributed by atoms with Gasteiger partial charge in [0.1, 0.15) is 17.2 Å². The van der Waals surface area contributed by atoms with E-state index in [1.54, 1.807) is 24.0 Å². The number of carbonyl (C=O) groups is 1. The van der Waals surface area contributed by atoms with Crippen LogP contribution in [0.2, 0.25) is 0 Å². The summed E-state index contributed by atoms with van der Waals surface area (Å²) in [4.78, 5) is 18.0. The fraction of sp³-hybridized carbons (Fsp3) is 0.467. The number of ether oxygens (including phenoxy) is 1. The maximum Gasteiger partial charge on any atom is 0.409 e. The summed E-state index contributed by atoms with van der Waals surface area (Å²) in [6.07, 6.45) is 0.992. The second kappa shape index (κ2) is 6.54. The van der Waals surface area contributed by atoms with Crippen molar-refractivity contribution >= 4 is 30.0 Å². The van der Waals surface area contributed by atoms with Crippen LogP contribution >= 0.6 is 12.4 Å². The molecule has 2 aliphatic rings. The minimum absolute atomic E-state index is 0. The average Bonchev–Trinajstić information content (AvgIpc) is 2.47. The van der Waals surface area contributed by atoms with Gasteiger partial charge in [-0.15, -0.1) is 12.4 Å². The number of benzene rings is 1. The molecule has 8 heteroatoms. The Morgan fingerprint density at radius 1 is 1.48 bits per heavy atom. The van der Waals surface area contributed by atoms with Gasteiger partial charge in [0.2, 0.25) is 0 Å². The van der Waals surface area contributed by atoms with Crippen LogP contribution in [0.15, 0.2) is 23.2 Å². The number of aliphatic imine (C=N–C) groups is 1. The molecule has 0 bridgehead atoms. The molecule has 1 saturated heterocycles. The number of amidine groups is 1. The number of aromatic hydroxyl groups is 1. The van der Waals surface area contributed by atoms with Crippen molar-refractivity contribution in [2.45, 2.75) is 25.4 Å². The molecule has 1 fully saturated rings. The van der Waals surface area contributed by atoms with Crippen LogP contribution in [-0.4, -0.2) is 47.3 Å². The monoisotopic (exact) mass is 340 g/mol. The minimum atomic E-state index is -0.520. The third-order valence-corrected chi connectivity index (χ3v) is 4.12. The Kier molecular flexibility index (Phi) is 4.89. The Balaban J connectivity index is 0.00000192. The van der Waals surface area contributed by atoms with E-state index in [1.807, 2.05) is 6.07 Å². The van der Waals surface area contributed by atoms with E-state index in [9.17, 15) is 9.90 Å². The number of nitrogens with zero attached hydrogens (tertiary/aromatic N) is 2. The van der Waals surface area contributed by atoms with Gasteiger partial charge in [0.25, 0.3) is 0 Å². The van der Waals surface area contributed by atoms with E-state index in [0.717, 1.165) is 5.69 Å². The third kappa shape index (κ3) is 3.14. The fourth-order valence-corrected chi connectivity index (χ4v) is 2.99. The van der Waals surface area contributed by atoms with E-state index in [4.69, 9.17) is 10.5 Å². The number of fused-ring (bicyclic) bond motifs is 1. The zero-order valence-electron chi connectivity index (χ0n) is 12.9. The number of phenolic OH excluding ortho intramolecular Hbond substituents is 1. The van der Waals surface area contributed by atoms with Crippen LogP contribution in [0, 0.1) is 0 Å². The highest BCUT2D eigenvalue weighted by Crippen LogP contribution is 2.37. The van der Waals surface area contributed by atoms with Crippen molar-refractivity contribution in [3.63, 3.8) is 0 Å². The first kappa shape index (κ1) is 17.2. The van der Waals surface area contributed by atoms with Crippen molar-refractivity contribution in [1.29, 1.82) is 0 Å². The number of hydrogen-bond acceptors (Lipinski definition) is 6. The molecule has 0 aliphatic carbocycles. The number of hydrogen-bond donors (Lipinski definition) is 3. The summed E-state index contributed by atoms with van der Waals surface area (Å²) in [6, 6.07) is 5.22. The lowest BCUT2D eigenvalue weighted by atomic mass is 9.94. The second-order valence-electron chi connectivity index (χ2n) is 5.54. The van der Waals surface area contributed by atoms with Gasteiger partial charge in [0, 0.05) is 25.9 Å². The third-order valence-electron chi connectivity index (χ3n) is 4.12. The lowest BCUT2D eigenvalue weighted by Crippen LogP contribution is -2.52. The number of amides is 1. The molecule has 1 aromatic rings. The lowest BCUT2D eigenvalue weighted by molar-refractivity contribution is 0.0906. The summed E-state index contributed by atoms with van der Waals surface area (Å²) in [5.74, 6) is 0.446. The van der Waals surface area contributed by atoms with Gasteiger partial charge in [-0.05, 0) is 19.1 Å². The van der Waals surface area contributed by atoms with Crippen molar-refractivity contribution in [1.82, 2.24) is 4.90 Å². The standard InChI is InChI=1S/C15H20N4O3.ClH/c1-2-22-14(21)19-8-6-15(7-9-19)17-10-4-3-5-11(20)12(10)13(16)18-15;/h3-5,17,20H,2,6-9H2,1H3,(H2,16,18);1H. The summed E-state index contributed by atoms with van der Waals surface area (Å²) < 4.78 is 5.02. The Labute approximate surface area is 140 Å². The summed E-state index contributed by atoms with van der Waals surface area (Å²) in [5.41, 5.74) is 6.84. The van der Waals surface area contributed by atoms with Crippen molar-refractivity contribution in [3.05, 3.63) is 23.8 Å². The highest BCUT2D eigenvalue weighted by Gasteiger charge is 2.39. The molecule has 7 nitrogen and oxygen atoms in total. The molecule has 1 amide bonds. The van der Waals surface area contributed by atoms with Gasteiger partial charge in [-0.2, -0.15) is 0 Å². The summed E-state index contributed by atoms with van der Waals surface area (Å²) in [5, 5.41) is 13.3. The van der Waals surface area contributed by atoms with E-state index < -0.39 is 5.66 Å². The number of anilines is 1.